The van der Waals surface area contributed by atoms with Crippen LogP contribution in [0.1, 0.15) is 24.7 Å². The van der Waals surface area contributed by atoms with Crippen molar-refractivity contribution < 1.29 is 34.7 Å². The van der Waals surface area contributed by atoms with Crippen molar-refractivity contribution in [3.63, 3.8) is 0 Å². The van der Waals surface area contributed by atoms with Gasteiger partial charge in [-0.15, -0.1) is 0 Å². The molecular formula is C19H28N2O7. The van der Waals surface area contributed by atoms with Gasteiger partial charge in [-0.25, -0.2) is 4.79 Å². The summed E-state index contributed by atoms with van der Waals surface area (Å²) in [6, 6.07) is 9.12. The maximum Gasteiger partial charge on any atom is 0.404 e. The Kier molecular flexibility index (Phi) is 7.22. The minimum absolute atomic E-state index is 0.000258. The number of ether oxygens (including phenoxy) is 2. The van der Waals surface area contributed by atoms with Gasteiger partial charge in [0.2, 0.25) is 0 Å². The molecular weight excluding hydrogens is 368 g/mol. The topological polar surface area (TPSA) is 132 Å². The van der Waals surface area contributed by atoms with Crippen LogP contribution in [0.5, 0.6) is 0 Å². The van der Waals surface area contributed by atoms with Gasteiger partial charge in [0, 0.05) is 31.2 Å². The number of hydrogen-bond donors (Lipinski definition) is 5. The highest BCUT2D eigenvalue weighted by molar-refractivity contribution is 5.64. The van der Waals surface area contributed by atoms with Crippen LogP contribution in [0.15, 0.2) is 30.3 Å². The molecule has 1 aromatic carbocycles. The molecule has 3 rings (SSSR count). The molecule has 1 aromatic rings. The summed E-state index contributed by atoms with van der Waals surface area (Å²) < 4.78 is 11.2. The van der Waals surface area contributed by atoms with E-state index in [1.807, 2.05) is 35.2 Å². The van der Waals surface area contributed by atoms with Crippen molar-refractivity contribution >= 4 is 6.09 Å². The Labute approximate surface area is 163 Å². The zero-order chi connectivity index (χ0) is 20.1. The highest BCUT2D eigenvalue weighted by Gasteiger charge is 2.40. The van der Waals surface area contributed by atoms with Crippen LogP contribution in [0.3, 0.4) is 0 Å². The molecule has 28 heavy (non-hydrogen) atoms. The summed E-state index contributed by atoms with van der Waals surface area (Å²) in [5.74, 6) is 0. The fraction of sp³-hybridized carbons (Fsp3) is 0.632. The fourth-order valence-corrected chi connectivity index (χ4v) is 3.67. The predicted octanol–water partition coefficient (Wildman–Crippen LogP) is -0.0847. The Morgan fingerprint density at radius 3 is 2.54 bits per heavy atom. The van der Waals surface area contributed by atoms with Crippen LogP contribution >= 0.6 is 0 Å². The number of benzene rings is 1. The molecule has 2 fully saturated rings. The highest BCUT2D eigenvalue weighted by atomic mass is 16.7. The van der Waals surface area contributed by atoms with E-state index in [0.29, 0.717) is 25.9 Å². The number of carbonyl (C=O) groups is 1. The molecule has 9 nitrogen and oxygen atoms in total. The molecule has 0 aromatic heterocycles. The maximum absolute atomic E-state index is 10.7. The Morgan fingerprint density at radius 1 is 1.21 bits per heavy atom. The quantitative estimate of drug-likeness (QED) is 0.451. The van der Waals surface area contributed by atoms with Gasteiger partial charge in [0.05, 0.1) is 12.7 Å². The summed E-state index contributed by atoms with van der Waals surface area (Å²) in [5, 5.41) is 42.5. The summed E-state index contributed by atoms with van der Waals surface area (Å²) in [5.41, 5.74) is 0.772. The lowest BCUT2D eigenvalue weighted by molar-refractivity contribution is -0.283. The first kappa shape index (κ1) is 21.0. The van der Waals surface area contributed by atoms with Crippen molar-refractivity contribution in [2.75, 3.05) is 26.2 Å². The number of carboxylic acid groups (broad SMARTS) is 1. The molecule has 0 saturated carbocycles. The number of aliphatic hydroxyl groups excluding tert-OH is 3. The van der Waals surface area contributed by atoms with Crippen molar-refractivity contribution in [1.82, 2.24) is 10.2 Å². The van der Waals surface area contributed by atoms with Crippen LogP contribution in [0.4, 0.5) is 4.79 Å². The van der Waals surface area contributed by atoms with Crippen LogP contribution in [0.2, 0.25) is 0 Å². The summed E-state index contributed by atoms with van der Waals surface area (Å²) >= 11 is 0. The van der Waals surface area contributed by atoms with Gasteiger partial charge >= 0.3 is 6.09 Å². The Bertz CT molecular complexity index is 624. The number of nitrogens with zero attached hydrogens (tertiary/aromatic N) is 1. The third-order valence-corrected chi connectivity index (χ3v) is 5.24. The smallest absolute Gasteiger partial charge is 0.404 e. The van der Waals surface area contributed by atoms with Crippen LogP contribution in [0.25, 0.3) is 0 Å². The van der Waals surface area contributed by atoms with E-state index >= 15 is 0 Å². The molecule has 0 radical (unpaired) electrons. The summed E-state index contributed by atoms with van der Waals surface area (Å²) in [4.78, 5) is 12.7. The minimum Gasteiger partial charge on any atom is -0.465 e. The third-order valence-electron chi connectivity index (χ3n) is 5.24. The predicted molar refractivity (Wildman–Crippen MR) is 98.7 cm³/mol. The van der Waals surface area contributed by atoms with E-state index in [2.05, 4.69) is 5.32 Å². The molecule has 5 atom stereocenters. The van der Waals surface area contributed by atoms with Crippen LogP contribution in [-0.2, 0) is 9.47 Å². The SMILES string of the molecule is O=C(O)NC1CCN(CC(O)C(O)[C@@H]2OC(c3ccccc3)OC[C@H]2O)CC1. The molecule has 0 aliphatic carbocycles. The van der Waals surface area contributed by atoms with E-state index in [4.69, 9.17) is 14.6 Å². The van der Waals surface area contributed by atoms with Crippen molar-refractivity contribution in [2.24, 2.45) is 0 Å². The minimum atomic E-state index is -1.28. The van der Waals surface area contributed by atoms with Gasteiger partial charge in [-0.1, -0.05) is 30.3 Å². The van der Waals surface area contributed by atoms with Crippen molar-refractivity contribution in [3.8, 4) is 0 Å². The second-order valence-corrected chi connectivity index (χ2v) is 7.33. The van der Waals surface area contributed by atoms with E-state index < -0.39 is 36.8 Å². The number of hydrogen-bond acceptors (Lipinski definition) is 7. The number of nitrogens with one attached hydrogen (secondary N) is 1. The van der Waals surface area contributed by atoms with Gasteiger partial charge in [-0.2, -0.15) is 0 Å². The molecule has 2 aliphatic heterocycles. The largest absolute Gasteiger partial charge is 0.465 e. The van der Waals surface area contributed by atoms with Gasteiger partial charge in [0.1, 0.15) is 18.3 Å². The molecule has 0 bridgehead atoms. The first-order chi connectivity index (χ1) is 13.4. The average Bonchev–Trinajstić information content (AvgIpc) is 2.69. The lowest BCUT2D eigenvalue weighted by Gasteiger charge is -2.39. The van der Waals surface area contributed by atoms with E-state index in [0.717, 1.165) is 5.56 Å². The molecule has 2 saturated heterocycles. The van der Waals surface area contributed by atoms with E-state index in [1.165, 1.54) is 0 Å². The number of amides is 1. The first-order valence-electron chi connectivity index (χ1n) is 9.52. The van der Waals surface area contributed by atoms with Crippen LogP contribution in [-0.4, -0.2) is 88.1 Å². The Balaban J connectivity index is 1.52. The van der Waals surface area contributed by atoms with Crippen molar-refractivity contribution in [1.29, 1.82) is 0 Å². The first-order valence-corrected chi connectivity index (χ1v) is 9.52. The average molecular weight is 396 g/mol. The molecule has 5 N–H and O–H groups in total. The highest BCUT2D eigenvalue weighted by Crippen LogP contribution is 2.28. The summed E-state index contributed by atoms with van der Waals surface area (Å²) in [6.07, 6.45) is -4.88. The second kappa shape index (κ2) is 9.64. The lowest BCUT2D eigenvalue weighted by atomic mass is 9.99. The summed E-state index contributed by atoms with van der Waals surface area (Å²) in [7, 11) is 0. The van der Waals surface area contributed by atoms with Crippen molar-refractivity contribution in [3.05, 3.63) is 35.9 Å². The van der Waals surface area contributed by atoms with Crippen LogP contribution < -0.4 is 5.32 Å². The second-order valence-electron chi connectivity index (χ2n) is 7.33. The molecule has 0 spiro atoms. The molecule has 3 unspecified atom stereocenters. The number of aliphatic hydroxyl groups is 3. The number of rotatable bonds is 6. The molecule has 2 aliphatic rings. The number of likely N-dealkylation sites (tertiary alicyclic amines) is 1. The molecule has 1 amide bonds. The van der Waals surface area contributed by atoms with E-state index in [9.17, 15) is 20.1 Å². The maximum atomic E-state index is 10.7. The van der Waals surface area contributed by atoms with Gasteiger partial charge in [-0.3, -0.25) is 0 Å². The van der Waals surface area contributed by atoms with E-state index in [1.54, 1.807) is 0 Å². The molecule has 2 heterocycles. The Hall–Kier alpha value is -1.75. The number of piperidine rings is 1. The normalized spacial score (nSPS) is 29.2. The zero-order valence-corrected chi connectivity index (χ0v) is 15.6. The monoisotopic (exact) mass is 396 g/mol. The third kappa shape index (κ3) is 5.40. The lowest BCUT2D eigenvalue weighted by Crippen LogP contribution is -2.54. The van der Waals surface area contributed by atoms with Gasteiger partial charge in [0.25, 0.3) is 0 Å². The fourth-order valence-electron chi connectivity index (χ4n) is 3.67. The van der Waals surface area contributed by atoms with Gasteiger partial charge in [-0.05, 0) is 12.8 Å². The zero-order valence-electron chi connectivity index (χ0n) is 15.6. The summed E-state index contributed by atoms with van der Waals surface area (Å²) in [6.45, 7) is 1.43. The van der Waals surface area contributed by atoms with E-state index in [-0.39, 0.29) is 19.2 Å². The Morgan fingerprint density at radius 2 is 1.89 bits per heavy atom. The molecule has 156 valence electrons. The van der Waals surface area contributed by atoms with Gasteiger partial charge in [0.15, 0.2) is 6.29 Å². The molecule has 9 heteroatoms. The van der Waals surface area contributed by atoms with Gasteiger partial charge < -0.3 is 40.1 Å². The van der Waals surface area contributed by atoms with Crippen molar-refractivity contribution in [2.45, 2.75) is 49.6 Å². The van der Waals surface area contributed by atoms with Crippen LogP contribution in [0, 0.1) is 0 Å². The standard InChI is InChI=1S/C19H28N2O7/c22-14(10-21-8-6-13(7-9-21)20-19(25)26)16(24)17-15(23)11-27-18(28-17)12-4-2-1-3-5-12/h1-5,13-18,20,22-24H,6-11H2,(H,25,26)/t14?,15-,16?,17-,18?/m1/s1. The number of β-amino-alcohol motifs (C(OH)–C–C–N with tert-alkyl or cyclic N) is 1.